The van der Waals surface area contributed by atoms with Crippen molar-refractivity contribution in [3.8, 4) is 5.75 Å². The van der Waals surface area contributed by atoms with E-state index in [1.165, 1.54) is 0 Å². The van der Waals surface area contributed by atoms with E-state index in [-0.39, 0.29) is 16.9 Å². The number of hydrogen-bond donors (Lipinski definition) is 1. The number of benzene rings is 2. The molecule has 26 heavy (non-hydrogen) atoms. The number of alkyl halides is 3. The van der Waals surface area contributed by atoms with Crippen molar-refractivity contribution < 1.29 is 26.3 Å². The van der Waals surface area contributed by atoms with Gasteiger partial charge < -0.3 is 4.74 Å². The quantitative estimate of drug-likeness (QED) is 0.808. The zero-order valence-electron chi connectivity index (χ0n) is 13.9. The first-order chi connectivity index (χ1) is 12.2. The molecule has 0 saturated heterocycles. The molecule has 8 heteroatoms. The topological polar surface area (TPSA) is 55.4 Å². The molecule has 0 unspecified atom stereocenters. The van der Waals surface area contributed by atoms with Crippen molar-refractivity contribution in [1.29, 1.82) is 0 Å². The number of halogens is 3. The molecule has 1 saturated carbocycles. The molecular weight excluding hydrogens is 367 g/mol. The fraction of sp³-hybridized carbons (Fsp3) is 0.333. The SMILES string of the molecule is C[C@H]1C[C@@H]1[C@H](NS(=O)(=O)c1ccc(OC(F)(F)F)cc1)c1ccccc1. The second-order valence-electron chi connectivity index (χ2n) is 6.41. The Bertz CT molecular complexity index is 852. The van der Waals surface area contributed by atoms with Crippen LogP contribution in [0.2, 0.25) is 0 Å². The van der Waals surface area contributed by atoms with Crippen molar-refractivity contribution in [2.45, 2.75) is 30.6 Å². The average molecular weight is 385 g/mol. The van der Waals surface area contributed by atoms with Crippen LogP contribution in [0.5, 0.6) is 5.75 Å². The fourth-order valence-corrected chi connectivity index (χ4v) is 4.21. The van der Waals surface area contributed by atoms with Crippen molar-refractivity contribution in [3.05, 3.63) is 60.2 Å². The third-order valence-corrected chi connectivity index (χ3v) is 5.87. The standard InChI is InChI=1S/C18H18F3NO3S/c1-12-11-16(12)17(13-5-3-2-4-6-13)22-26(23,24)15-9-7-14(8-10-15)25-18(19,20)21/h2-10,12,16-17,22H,11H2,1H3/t12-,16-,17+/m0/s1. The minimum atomic E-state index is -4.82. The normalized spacial score (nSPS) is 21.2. The largest absolute Gasteiger partial charge is 0.573 e. The van der Waals surface area contributed by atoms with Crippen molar-refractivity contribution in [2.24, 2.45) is 11.8 Å². The van der Waals surface area contributed by atoms with E-state index in [1.54, 1.807) is 0 Å². The van der Waals surface area contributed by atoms with Crippen LogP contribution < -0.4 is 9.46 Å². The summed E-state index contributed by atoms with van der Waals surface area (Å²) in [5, 5.41) is 0. The Kier molecular flexibility index (Phi) is 4.98. The zero-order valence-corrected chi connectivity index (χ0v) is 14.7. The monoisotopic (exact) mass is 385 g/mol. The first kappa shape index (κ1) is 18.7. The number of ether oxygens (including phenoxy) is 1. The van der Waals surface area contributed by atoms with Gasteiger partial charge in [0.05, 0.1) is 10.9 Å². The highest BCUT2D eigenvalue weighted by Gasteiger charge is 2.42. The van der Waals surface area contributed by atoms with E-state index in [1.807, 2.05) is 30.3 Å². The van der Waals surface area contributed by atoms with Gasteiger partial charge in [0.2, 0.25) is 10.0 Å². The summed E-state index contributed by atoms with van der Waals surface area (Å²) in [6.07, 6.45) is -3.90. The lowest BCUT2D eigenvalue weighted by Crippen LogP contribution is -2.30. The van der Waals surface area contributed by atoms with Gasteiger partial charge in [0, 0.05) is 0 Å². The Morgan fingerprint density at radius 1 is 1.08 bits per heavy atom. The molecule has 2 aromatic carbocycles. The molecular formula is C18H18F3NO3S. The molecule has 3 atom stereocenters. The summed E-state index contributed by atoms with van der Waals surface area (Å²) in [7, 11) is -3.88. The summed E-state index contributed by atoms with van der Waals surface area (Å²) < 4.78 is 68.5. The average Bonchev–Trinajstić information content (AvgIpc) is 3.29. The Morgan fingerprint density at radius 3 is 2.15 bits per heavy atom. The smallest absolute Gasteiger partial charge is 0.406 e. The van der Waals surface area contributed by atoms with Crippen LogP contribution in [-0.2, 0) is 10.0 Å². The van der Waals surface area contributed by atoms with E-state index in [0.717, 1.165) is 36.2 Å². The third-order valence-electron chi connectivity index (χ3n) is 4.41. The maximum atomic E-state index is 12.7. The van der Waals surface area contributed by atoms with Gasteiger partial charge in [0.25, 0.3) is 0 Å². The van der Waals surface area contributed by atoms with Gasteiger partial charge in [-0.05, 0) is 48.1 Å². The Balaban J connectivity index is 1.80. The van der Waals surface area contributed by atoms with E-state index < -0.39 is 22.1 Å². The molecule has 1 N–H and O–H groups in total. The van der Waals surface area contributed by atoms with Crippen molar-refractivity contribution in [1.82, 2.24) is 4.72 Å². The van der Waals surface area contributed by atoms with Crippen LogP contribution in [0.1, 0.15) is 24.9 Å². The molecule has 1 aliphatic rings. The maximum Gasteiger partial charge on any atom is 0.573 e. The highest BCUT2D eigenvalue weighted by atomic mass is 32.2. The highest BCUT2D eigenvalue weighted by Crippen LogP contribution is 2.47. The fourth-order valence-electron chi connectivity index (χ4n) is 2.93. The lowest BCUT2D eigenvalue weighted by atomic mass is 10.0. The Labute approximate surface area is 150 Å². The lowest BCUT2D eigenvalue weighted by Gasteiger charge is -2.19. The third kappa shape index (κ3) is 4.56. The predicted octanol–water partition coefficient (Wildman–Crippen LogP) is 4.26. The highest BCUT2D eigenvalue weighted by molar-refractivity contribution is 7.89. The zero-order chi connectivity index (χ0) is 18.9. The number of nitrogens with one attached hydrogen (secondary N) is 1. The summed E-state index contributed by atoms with van der Waals surface area (Å²) in [6.45, 7) is 2.05. The molecule has 4 nitrogen and oxygen atoms in total. The second-order valence-corrected chi connectivity index (χ2v) is 8.12. The Morgan fingerprint density at radius 2 is 1.65 bits per heavy atom. The summed E-state index contributed by atoms with van der Waals surface area (Å²) >= 11 is 0. The van der Waals surface area contributed by atoms with E-state index >= 15 is 0 Å². The summed E-state index contributed by atoms with van der Waals surface area (Å²) in [5.74, 6) is 0.136. The number of hydrogen-bond acceptors (Lipinski definition) is 3. The molecule has 140 valence electrons. The van der Waals surface area contributed by atoms with Gasteiger partial charge in [-0.3, -0.25) is 0 Å². The van der Waals surface area contributed by atoms with Crippen molar-refractivity contribution >= 4 is 10.0 Å². The molecule has 0 spiro atoms. The van der Waals surface area contributed by atoms with Crippen LogP contribution >= 0.6 is 0 Å². The van der Waals surface area contributed by atoms with E-state index in [9.17, 15) is 21.6 Å². The van der Waals surface area contributed by atoms with Crippen LogP contribution in [0.3, 0.4) is 0 Å². The van der Waals surface area contributed by atoms with Gasteiger partial charge in [-0.1, -0.05) is 37.3 Å². The van der Waals surface area contributed by atoms with Gasteiger partial charge in [-0.15, -0.1) is 13.2 Å². The first-order valence-electron chi connectivity index (χ1n) is 8.09. The van der Waals surface area contributed by atoms with Gasteiger partial charge in [-0.2, -0.15) is 0 Å². The summed E-state index contributed by atoms with van der Waals surface area (Å²) in [5.41, 5.74) is 0.863. The van der Waals surface area contributed by atoms with Gasteiger partial charge >= 0.3 is 6.36 Å². The number of sulfonamides is 1. The molecule has 0 bridgehead atoms. The molecule has 3 rings (SSSR count). The number of rotatable bonds is 6. The van der Waals surface area contributed by atoms with Crippen LogP contribution in [0.15, 0.2) is 59.5 Å². The molecule has 2 aromatic rings. The molecule has 0 aromatic heterocycles. The molecule has 1 aliphatic carbocycles. The van der Waals surface area contributed by atoms with E-state index in [2.05, 4.69) is 16.4 Å². The van der Waals surface area contributed by atoms with Crippen LogP contribution in [0, 0.1) is 11.8 Å². The Hall–Kier alpha value is -2.06. The molecule has 0 amide bonds. The van der Waals surface area contributed by atoms with E-state index in [4.69, 9.17) is 0 Å². The van der Waals surface area contributed by atoms with Gasteiger partial charge in [-0.25, -0.2) is 13.1 Å². The minimum Gasteiger partial charge on any atom is -0.406 e. The van der Waals surface area contributed by atoms with Gasteiger partial charge in [0.15, 0.2) is 0 Å². The summed E-state index contributed by atoms with van der Waals surface area (Å²) in [4.78, 5) is -0.110. The van der Waals surface area contributed by atoms with E-state index in [0.29, 0.717) is 5.92 Å². The van der Waals surface area contributed by atoms with Crippen molar-refractivity contribution in [3.63, 3.8) is 0 Å². The summed E-state index contributed by atoms with van der Waals surface area (Å²) in [6, 6.07) is 13.0. The second kappa shape index (κ2) is 6.92. The van der Waals surface area contributed by atoms with Crippen LogP contribution in [0.4, 0.5) is 13.2 Å². The molecule has 1 fully saturated rings. The molecule has 0 radical (unpaired) electrons. The maximum absolute atomic E-state index is 12.7. The van der Waals surface area contributed by atoms with Crippen LogP contribution in [-0.4, -0.2) is 14.8 Å². The predicted molar refractivity (Wildman–Crippen MR) is 89.9 cm³/mol. The first-order valence-corrected chi connectivity index (χ1v) is 9.57. The molecule has 0 heterocycles. The lowest BCUT2D eigenvalue weighted by molar-refractivity contribution is -0.274. The minimum absolute atomic E-state index is 0.110. The van der Waals surface area contributed by atoms with Crippen molar-refractivity contribution in [2.75, 3.05) is 0 Å². The van der Waals surface area contributed by atoms with Crippen LogP contribution in [0.25, 0.3) is 0 Å². The molecule has 0 aliphatic heterocycles. The van der Waals surface area contributed by atoms with Gasteiger partial charge in [0.1, 0.15) is 5.75 Å².